The van der Waals surface area contributed by atoms with Gasteiger partial charge in [-0.3, -0.25) is 4.79 Å². The van der Waals surface area contributed by atoms with Gasteiger partial charge in [-0.25, -0.2) is 4.98 Å². The Balaban J connectivity index is 1.39. The monoisotopic (exact) mass is 447 g/mol. The van der Waals surface area contributed by atoms with Crippen LogP contribution in [0.15, 0.2) is 72.8 Å². The van der Waals surface area contributed by atoms with Gasteiger partial charge in [-0.05, 0) is 41.8 Å². The fraction of sp³-hybridized carbons (Fsp3) is 0.231. The SMILES string of the molecule is COc1ccc(CC(=O)NCCn2c(CCc3ccccc3)nc3ccccc32)cc1Cl. The molecular formula is C26H26ClN3O2. The summed E-state index contributed by atoms with van der Waals surface area (Å²) in [5.74, 6) is 1.60. The van der Waals surface area contributed by atoms with Gasteiger partial charge in [0.15, 0.2) is 0 Å². The lowest BCUT2D eigenvalue weighted by molar-refractivity contribution is -0.120. The van der Waals surface area contributed by atoms with Crippen LogP contribution in [-0.4, -0.2) is 29.1 Å². The predicted molar refractivity (Wildman–Crippen MR) is 128 cm³/mol. The van der Waals surface area contributed by atoms with E-state index in [9.17, 15) is 4.79 Å². The summed E-state index contributed by atoms with van der Waals surface area (Å²) in [7, 11) is 1.57. The first-order chi connectivity index (χ1) is 15.6. The van der Waals surface area contributed by atoms with Crippen molar-refractivity contribution in [1.29, 1.82) is 0 Å². The van der Waals surface area contributed by atoms with E-state index in [1.165, 1.54) is 5.56 Å². The van der Waals surface area contributed by atoms with E-state index in [1.54, 1.807) is 19.2 Å². The maximum atomic E-state index is 12.5. The van der Waals surface area contributed by atoms with Crippen LogP contribution in [-0.2, 0) is 30.6 Å². The van der Waals surface area contributed by atoms with Crippen LogP contribution in [0.1, 0.15) is 17.0 Å². The molecule has 0 saturated heterocycles. The lowest BCUT2D eigenvalue weighted by atomic mass is 10.1. The highest BCUT2D eigenvalue weighted by Crippen LogP contribution is 2.25. The molecule has 0 radical (unpaired) electrons. The number of carbonyl (C=O) groups is 1. The van der Waals surface area contributed by atoms with E-state index in [2.05, 4.69) is 40.2 Å². The average Bonchev–Trinajstić information content (AvgIpc) is 3.16. The van der Waals surface area contributed by atoms with Crippen LogP contribution in [0, 0.1) is 0 Å². The number of rotatable bonds is 9. The summed E-state index contributed by atoms with van der Waals surface area (Å²) in [4.78, 5) is 17.3. The lowest BCUT2D eigenvalue weighted by Gasteiger charge is -2.11. The smallest absolute Gasteiger partial charge is 0.224 e. The van der Waals surface area contributed by atoms with Gasteiger partial charge in [-0.1, -0.05) is 60.1 Å². The standard InChI is InChI=1S/C26H26ClN3O2/c1-32-24-13-11-20(17-21(24)27)18-26(31)28-15-16-30-23-10-6-5-9-22(23)29-25(30)14-12-19-7-3-2-4-8-19/h2-11,13,17H,12,14-16,18H2,1H3,(H,28,31). The van der Waals surface area contributed by atoms with E-state index in [-0.39, 0.29) is 12.3 Å². The minimum absolute atomic E-state index is 0.0403. The third-order valence-electron chi connectivity index (χ3n) is 5.45. The molecule has 4 rings (SSSR count). The van der Waals surface area contributed by atoms with Gasteiger partial charge in [0.1, 0.15) is 11.6 Å². The number of halogens is 1. The molecule has 3 aromatic carbocycles. The zero-order valence-corrected chi connectivity index (χ0v) is 18.8. The van der Waals surface area contributed by atoms with E-state index in [1.807, 2.05) is 30.3 Å². The van der Waals surface area contributed by atoms with Crippen molar-refractivity contribution in [3.05, 3.63) is 94.8 Å². The second-order valence-electron chi connectivity index (χ2n) is 7.65. The van der Waals surface area contributed by atoms with Crippen LogP contribution in [0.4, 0.5) is 0 Å². The van der Waals surface area contributed by atoms with Gasteiger partial charge in [0.05, 0.1) is 29.6 Å². The zero-order valence-electron chi connectivity index (χ0n) is 18.1. The molecule has 0 atom stereocenters. The molecule has 0 aliphatic heterocycles. The van der Waals surface area contributed by atoms with Gasteiger partial charge in [0, 0.05) is 19.5 Å². The fourth-order valence-corrected chi connectivity index (χ4v) is 4.12. The normalized spacial score (nSPS) is 10.9. The number of imidazole rings is 1. The largest absolute Gasteiger partial charge is 0.495 e. The van der Waals surface area contributed by atoms with E-state index in [0.29, 0.717) is 23.9 Å². The summed E-state index contributed by atoms with van der Waals surface area (Å²) in [6, 6.07) is 24.0. The Morgan fingerprint density at radius 1 is 1.00 bits per heavy atom. The van der Waals surface area contributed by atoms with Crippen molar-refractivity contribution in [1.82, 2.24) is 14.9 Å². The minimum atomic E-state index is -0.0403. The molecule has 1 aromatic heterocycles. The van der Waals surface area contributed by atoms with Crippen molar-refractivity contribution in [2.45, 2.75) is 25.8 Å². The van der Waals surface area contributed by atoms with Crippen molar-refractivity contribution >= 4 is 28.5 Å². The molecule has 0 aliphatic carbocycles. The van der Waals surface area contributed by atoms with E-state index in [0.717, 1.165) is 35.3 Å². The first-order valence-electron chi connectivity index (χ1n) is 10.7. The van der Waals surface area contributed by atoms with Crippen molar-refractivity contribution in [2.75, 3.05) is 13.7 Å². The Morgan fingerprint density at radius 2 is 1.78 bits per heavy atom. The van der Waals surface area contributed by atoms with Crippen LogP contribution in [0.3, 0.4) is 0 Å². The number of benzene rings is 3. The molecule has 4 aromatic rings. The fourth-order valence-electron chi connectivity index (χ4n) is 3.84. The Bertz CT molecular complexity index is 1200. The highest BCUT2D eigenvalue weighted by molar-refractivity contribution is 6.32. The van der Waals surface area contributed by atoms with Crippen molar-refractivity contribution in [2.24, 2.45) is 0 Å². The summed E-state index contributed by atoms with van der Waals surface area (Å²) in [6.45, 7) is 1.20. The van der Waals surface area contributed by atoms with E-state index >= 15 is 0 Å². The molecular weight excluding hydrogens is 422 g/mol. The molecule has 5 nitrogen and oxygen atoms in total. The Hall–Kier alpha value is -3.31. The maximum absolute atomic E-state index is 12.5. The van der Waals surface area contributed by atoms with Crippen LogP contribution < -0.4 is 10.1 Å². The Labute approximate surface area is 193 Å². The number of hydrogen-bond acceptors (Lipinski definition) is 3. The Kier molecular flexibility index (Phi) is 7.07. The summed E-state index contributed by atoms with van der Waals surface area (Å²) < 4.78 is 7.38. The predicted octanol–water partition coefficient (Wildman–Crippen LogP) is 4.84. The molecule has 0 aliphatic rings. The van der Waals surface area contributed by atoms with Gasteiger partial charge in [0.2, 0.25) is 5.91 Å². The van der Waals surface area contributed by atoms with Crippen molar-refractivity contribution in [3.63, 3.8) is 0 Å². The number of carbonyl (C=O) groups excluding carboxylic acids is 1. The Morgan fingerprint density at radius 3 is 2.56 bits per heavy atom. The second kappa shape index (κ2) is 10.3. The maximum Gasteiger partial charge on any atom is 0.224 e. The number of fused-ring (bicyclic) bond motifs is 1. The number of amides is 1. The summed E-state index contributed by atoms with van der Waals surface area (Å²) in [5, 5.41) is 3.53. The summed E-state index contributed by atoms with van der Waals surface area (Å²) in [5.41, 5.74) is 4.21. The van der Waals surface area contributed by atoms with Crippen LogP contribution in [0.25, 0.3) is 11.0 Å². The van der Waals surface area contributed by atoms with Crippen LogP contribution in [0.5, 0.6) is 5.75 Å². The molecule has 0 fully saturated rings. The number of nitrogens with one attached hydrogen (secondary N) is 1. The van der Waals surface area contributed by atoms with Gasteiger partial charge < -0.3 is 14.6 Å². The molecule has 164 valence electrons. The number of aryl methyl sites for hydroxylation is 2. The van der Waals surface area contributed by atoms with Gasteiger partial charge in [-0.2, -0.15) is 0 Å². The second-order valence-corrected chi connectivity index (χ2v) is 8.06. The van der Waals surface area contributed by atoms with Crippen molar-refractivity contribution in [3.8, 4) is 5.75 Å². The first kappa shape index (κ1) is 21.9. The third kappa shape index (κ3) is 5.29. The molecule has 0 unspecified atom stereocenters. The number of ether oxygens (including phenoxy) is 1. The minimum Gasteiger partial charge on any atom is -0.495 e. The molecule has 0 spiro atoms. The third-order valence-corrected chi connectivity index (χ3v) is 5.75. The average molecular weight is 448 g/mol. The van der Waals surface area contributed by atoms with E-state index < -0.39 is 0 Å². The van der Waals surface area contributed by atoms with Crippen LogP contribution in [0.2, 0.25) is 5.02 Å². The zero-order chi connectivity index (χ0) is 22.3. The molecule has 32 heavy (non-hydrogen) atoms. The number of para-hydroxylation sites is 2. The topological polar surface area (TPSA) is 56.1 Å². The van der Waals surface area contributed by atoms with Crippen LogP contribution >= 0.6 is 11.6 Å². The number of methoxy groups -OCH3 is 1. The van der Waals surface area contributed by atoms with Gasteiger partial charge in [0.25, 0.3) is 0 Å². The molecule has 6 heteroatoms. The highest BCUT2D eigenvalue weighted by atomic mass is 35.5. The van der Waals surface area contributed by atoms with Gasteiger partial charge >= 0.3 is 0 Å². The molecule has 1 heterocycles. The molecule has 0 bridgehead atoms. The number of hydrogen-bond donors (Lipinski definition) is 1. The highest BCUT2D eigenvalue weighted by Gasteiger charge is 2.12. The number of aromatic nitrogens is 2. The first-order valence-corrected chi connectivity index (χ1v) is 11.1. The van der Waals surface area contributed by atoms with Crippen molar-refractivity contribution < 1.29 is 9.53 Å². The molecule has 0 saturated carbocycles. The van der Waals surface area contributed by atoms with E-state index in [4.69, 9.17) is 21.3 Å². The summed E-state index contributed by atoms with van der Waals surface area (Å²) >= 11 is 6.16. The number of nitrogens with zero attached hydrogens (tertiary/aromatic N) is 2. The molecule has 1 amide bonds. The summed E-state index contributed by atoms with van der Waals surface area (Å²) in [6.07, 6.45) is 2.04. The quantitative estimate of drug-likeness (QED) is 0.399. The van der Waals surface area contributed by atoms with Gasteiger partial charge in [-0.15, -0.1) is 0 Å². The lowest BCUT2D eigenvalue weighted by Crippen LogP contribution is -2.29. The molecule has 1 N–H and O–H groups in total.